The second-order valence-electron chi connectivity index (χ2n) is 6.42. The van der Waals surface area contributed by atoms with E-state index >= 15 is 0 Å². The molecule has 0 aliphatic heterocycles. The van der Waals surface area contributed by atoms with Gasteiger partial charge in [0.15, 0.2) is 0 Å². The number of benzene rings is 2. The Morgan fingerprint density at radius 3 is 2.59 bits per heavy atom. The second-order valence-corrected chi connectivity index (χ2v) is 7.62. The fourth-order valence-corrected chi connectivity index (χ4v) is 4.27. The standard InChI is InChI=1S/C22H22N4S/c1-4-26-15(2)19(18-12-8-9-13-20(18)26)14-23-25-22-24-21(16(3)27-22)17-10-6-5-7-11-17/h5-14H,4H2,1-3H3,(H,24,25)/b23-14-. The second kappa shape index (κ2) is 7.37. The summed E-state index contributed by atoms with van der Waals surface area (Å²) >= 11 is 1.62. The molecular formula is C22H22N4S. The van der Waals surface area contributed by atoms with E-state index in [0.717, 1.165) is 28.5 Å². The number of para-hydroxylation sites is 1. The molecule has 4 aromatic rings. The van der Waals surface area contributed by atoms with E-state index in [0.29, 0.717) is 0 Å². The third kappa shape index (κ3) is 3.26. The van der Waals surface area contributed by atoms with Gasteiger partial charge in [-0.05, 0) is 26.8 Å². The quantitative estimate of drug-likeness (QED) is 0.352. The SMILES string of the molecule is CCn1c(C)c(/C=N\Nc2nc(-c3ccccc3)c(C)s2)c2ccccc21. The maximum atomic E-state index is 4.71. The fraction of sp³-hybridized carbons (Fsp3) is 0.182. The van der Waals surface area contributed by atoms with Crippen LogP contribution in [0.1, 0.15) is 23.1 Å². The first kappa shape index (κ1) is 17.5. The Hall–Kier alpha value is -2.92. The Bertz CT molecular complexity index is 1110. The highest BCUT2D eigenvalue weighted by Gasteiger charge is 2.11. The lowest BCUT2D eigenvalue weighted by molar-refractivity contribution is 0.769. The van der Waals surface area contributed by atoms with Gasteiger partial charge in [0.25, 0.3) is 0 Å². The average molecular weight is 375 g/mol. The third-order valence-corrected chi connectivity index (χ3v) is 5.67. The van der Waals surface area contributed by atoms with Crippen molar-refractivity contribution in [3.05, 3.63) is 70.7 Å². The number of anilines is 1. The number of aromatic nitrogens is 2. The minimum atomic E-state index is 0.805. The summed E-state index contributed by atoms with van der Waals surface area (Å²) in [7, 11) is 0. The molecule has 0 unspecified atom stereocenters. The Morgan fingerprint density at radius 2 is 1.81 bits per heavy atom. The minimum Gasteiger partial charge on any atom is -0.344 e. The molecule has 0 atom stereocenters. The molecule has 0 fully saturated rings. The van der Waals surface area contributed by atoms with E-state index in [1.807, 2.05) is 24.4 Å². The molecule has 0 spiro atoms. The van der Waals surface area contributed by atoms with Crippen LogP contribution in [0.2, 0.25) is 0 Å². The van der Waals surface area contributed by atoms with Gasteiger partial charge in [0.1, 0.15) is 0 Å². The molecule has 2 heterocycles. The summed E-state index contributed by atoms with van der Waals surface area (Å²) in [6.45, 7) is 7.35. The van der Waals surface area contributed by atoms with Crippen LogP contribution in [0.4, 0.5) is 5.13 Å². The summed E-state index contributed by atoms with van der Waals surface area (Å²) in [5.74, 6) is 0. The predicted octanol–water partition coefficient (Wildman–Crippen LogP) is 5.85. The molecule has 0 aliphatic rings. The Morgan fingerprint density at radius 1 is 1.07 bits per heavy atom. The lowest BCUT2D eigenvalue weighted by Gasteiger charge is -2.03. The zero-order valence-corrected chi connectivity index (χ0v) is 16.5. The van der Waals surface area contributed by atoms with Gasteiger partial charge in [0, 0.05) is 39.1 Å². The fourth-order valence-electron chi connectivity index (χ4n) is 3.49. The Labute approximate surface area is 163 Å². The number of nitrogens with one attached hydrogen (secondary N) is 1. The Kier molecular flexibility index (Phi) is 4.77. The number of nitrogens with zero attached hydrogens (tertiary/aromatic N) is 3. The molecule has 2 aromatic heterocycles. The van der Waals surface area contributed by atoms with Gasteiger partial charge in [-0.15, -0.1) is 11.3 Å². The number of thiazole rings is 1. The molecular weight excluding hydrogens is 352 g/mol. The van der Waals surface area contributed by atoms with Crippen molar-refractivity contribution in [2.24, 2.45) is 5.10 Å². The lowest BCUT2D eigenvalue weighted by Crippen LogP contribution is -1.97. The number of rotatable bonds is 5. The van der Waals surface area contributed by atoms with E-state index in [2.05, 4.69) is 72.3 Å². The summed E-state index contributed by atoms with van der Waals surface area (Å²) in [5, 5.41) is 6.51. The predicted molar refractivity (Wildman–Crippen MR) is 116 cm³/mol. The van der Waals surface area contributed by atoms with E-state index in [1.54, 1.807) is 11.3 Å². The van der Waals surface area contributed by atoms with Crippen LogP contribution in [0, 0.1) is 13.8 Å². The van der Waals surface area contributed by atoms with E-state index in [9.17, 15) is 0 Å². The molecule has 4 rings (SSSR count). The lowest BCUT2D eigenvalue weighted by atomic mass is 10.1. The van der Waals surface area contributed by atoms with E-state index in [-0.39, 0.29) is 0 Å². The maximum Gasteiger partial charge on any atom is 0.204 e. The van der Waals surface area contributed by atoms with Crippen molar-refractivity contribution < 1.29 is 0 Å². The van der Waals surface area contributed by atoms with Gasteiger partial charge >= 0.3 is 0 Å². The van der Waals surface area contributed by atoms with Crippen LogP contribution in [0.15, 0.2) is 59.7 Å². The van der Waals surface area contributed by atoms with E-state index in [1.165, 1.54) is 21.5 Å². The third-order valence-electron chi connectivity index (χ3n) is 4.79. The van der Waals surface area contributed by atoms with Crippen molar-refractivity contribution in [2.75, 3.05) is 5.43 Å². The Balaban J connectivity index is 1.61. The maximum absolute atomic E-state index is 4.71. The van der Waals surface area contributed by atoms with Gasteiger partial charge < -0.3 is 4.57 Å². The topological polar surface area (TPSA) is 42.2 Å². The molecule has 2 aromatic carbocycles. The number of hydrogen-bond acceptors (Lipinski definition) is 4. The average Bonchev–Trinajstić information content (AvgIpc) is 3.20. The van der Waals surface area contributed by atoms with Crippen LogP contribution in [0.5, 0.6) is 0 Å². The molecule has 0 saturated carbocycles. The van der Waals surface area contributed by atoms with Gasteiger partial charge in [0.05, 0.1) is 11.9 Å². The highest BCUT2D eigenvalue weighted by Crippen LogP contribution is 2.30. The molecule has 0 radical (unpaired) electrons. The zero-order valence-electron chi connectivity index (χ0n) is 15.7. The van der Waals surface area contributed by atoms with E-state index in [4.69, 9.17) is 4.98 Å². The molecule has 0 saturated heterocycles. The van der Waals surface area contributed by atoms with E-state index < -0.39 is 0 Å². The molecule has 0 amide bonds. The van der Waals surface area contributed by atoms with Gasteiger partial charge in [-0.25, -0.2) is 4.98 Å². The summed E-state index contributed by atoms with van der Waals surface area (Å²) < 4.78 is 2.32. The molecule has 0 aliphatic carbocycles. The van der Waals surface area contributed by atoms with Crippen LogP contribution < -0.4 is 5.43 Å². The van der Waals surface area contributed by atoms with Crippen molar-refractivity contribution in [3.63, 3.8) is 0 Å². The summed E-state index contributed by atoms with van der Waals surface area (Å²) in [6, 6.07) is 18.7. The largest absolute Gasteiger partial charge is 0.344 e. The molecule has 4 nitrogen and oxygen atoms in total. The molecule has 1 N–H and O–H groups in total. The molecule has 5 heteroatoms. The van der Waals surface area contributed by atoms with Gasteiger partial charge in [-0.3, -0.25) is 5.43 Å². The first-order chi connectivity index (χ1) is 13.2. The minimum absolute atomic E-state index is 0.805. The van der Waals surface area contributed by atoms with Crippen LogP contribution in [0.3, 0.4) is 0 Å². The summed E-state index contributed by atoms with van der Waals surface area (Å²) in [6.07, 6.45) is 1.91. The normalized spacial score (nSPS) is 11.5. The molecule has 136 valence electrons. The first-order valence-corrected chi connectivity index (χ1v) is 9.90. The van der Waals surface area contributed by atoms with Crippen molar-refractivity contribution >= 4 is 33.6 Å². The molecule has 27 heavy (non-hydrogen) atoms. The van der Waals surface area contributed by atoms with Gasteiger partial charge in [-0.1, -0.05) is 48.5 Å². The first-order valence-electron chi connectivity index (χ1n) is 9.08. The van der Waals surface area contributed by atoms with Gasteiger partial charge in [-0.2, -0.15) is 5.10 Å². The number of hydrogen-bond donors (Lipinski definition) is 1. The van der Waals surface area contributed by atoms with Crippen LogP contribution >= 0.6 is 11.3 Å². The highest BCUT2D eigenvalue weighted by molar-refractivity contribution is 7.15. The van der Waals surface area contributed by atoms with Crippen LogP contribution in [-0.4, -0.2) is 15.8 Å². The smallest absolute Gasteiger partial charge is 0.204 e. The molecule has 0 bridgehead atoms. The van der Waals surface area contributed by atoms with Crippen molar-refractivity contribution in [3.8, 4) is 11.3 Å². The van der Waals surface area contributed by atoms with Gasteiger partial charge in [0.2, 0.25) is 5.13 Å². The zero-order chi connectivity index (χ0) is 18.8. The van der Waals surface area contributed by atoms with Crippen LogP contribution in [0.25, 0.3) is 22.2 Å². The van der Waals surface area contributed by atoms with Crippen molar-refractivity contribution in [1.82, 2.24) is 9.55 Å². The number of fused-ring (bicyclic) bond motifs is 1. The number of hydrazone groups is 1. The van der Waals surface area contributed by atoms with Crippen LogP contribution in [-0.2, 0) is 6.54 Å². The summed E-state index contributed by atoms with van der Waals surface area (Å²) in [4.78, 5) is 5.88. The number of aryl methyl sites for hydroxylation is 2. The van der Waals surface area contributed by atoms with Crippen molar-refractivity contribution in [2.45, 2.75) is 27.3 Å². The summed E-state index contributed by atoms with van der Waals surface area (Å²) in [5.41, 5.74) is 8.87. The highest BCUT2D eigenvalue weighted by atomic mass is 32.1. The monoisotopic (exact) mass is 374 g/mol. The van der Waals surface area contributed by atoms with Crippen molar-refractivity contribution in [1.29, 1.82) is 0 Å².